The summed E-state index contributed by atoms with van der Waals surface area (Å²) in [5.74, 6) is 0. The van der Waals surface area contributed by atoms with Crippen LogP contribution in [0.25, 0.3) is 0 Å². The molecule has 0 radical (unpaired) electrons. The van der Waals surface area contributed by atoms with Crippen molar-refractivity contribution in [3.63, 3.8) is 0 Å². The Kier molecular flexibility index (Phi) is 7.78. The fourth-order valence-electron chi connectivity index (χ4n) is 3.73. The van der Waals surface area contributed by atoms with Gasteiger partial charge in [0.25, 0.3) is 5.62 Å². The zero-order chi connectivity index (χ0) is 22.2. The summed E-state index contributed by atoms with van der Waals surface area (Å²) in [6.45, 7) is 20.2. The molecule has 0 bridgehead atoms. The Hall–Kier alpha value is -0.680. The predicted octanol–water partition coefficient (Wildman–Crippen LogP) is 4.26. The first-order valence-electron chi connectivity index (χ1n) is 10.2. The number of hydrogen-bond acceptors (Lipinski definition) is 4. The van der Waals surface area contributed by atoms with Crippen LogP contribution >= 0.6 is 7.87 Å². The maximum absolute atomic E-state index is 5.55. The predicted molar refractivity (Wildman–Crippen MR) is 124 cm³/mol. The van der Waals surface area contributed by atoms with Gasteiger partial charge in [-0.15, -0.1) is 14.0 Å². The number of aromatic nitrogens is 2. The quantitative estimate of drug-likeness (QED) is 0.653. The van der Waals surface area contributed by atoms with Crippen LogP contribution in [-0.2, 0) is 13.1 Å². The summed E-state index contributed by atoms with van der Waals surface area (Å²) in [6, 6.07) is 0. The van der Waals surface area contributed by atoms with Crippen molar-refractivity contribution in [1.82, 2.24) is 23.1 Å². The van der Waals surface area contributed by atoms with E-state index in [2.05, 4.69) is 121 Å². The Labute approximate surface area is 174 Å². The van der Waals surface area contributed by atoms with Crippen LogP contribution in [0.5, 0.6) is 0 Å². The van der Waals surface area contributed by atoms with Gasteiger partial charge in [-0.3, -0.25) is 0 Å². The van der Waals surface area contributed by atoms with Crippen molar-refractivity contribution < 1.29 is 0 Å². The van der Waals surface area contributed by atoms with Crippen molar-refractivity contribution in [2.45, 2.75) is 68.5 Å². The minimum atomic E-state index is -2.04. The fourth-order valence-corrected chi connectivity index (χ4v) is 6.87. The standard InChI is InChI=1S/C21H46N6P/c1-17-18(2)27(16-21(6,7)8)19(26(17)15-20(3,4)5)22-28(23(9)10,24(11)12)25(13)14/h15-16H2,1-14H3/q+1. The van der Waals surface area contributed by atoms with Gasteiger partial charge in [-0.1, -0.05) is 41.5 Å². The Bertz CT molecular complexity index is 662. The van der Waals surface area contributed by atoms with Gasteiger partial charge in [0, 0.05) is 66.8 Å². The molecule has 6 nitrogen and oxygen atoms in total. The molecule has 1 aromatic heterocycles. The van der Waals surface area contributed by atoms with Gasteiger partial charge in [0.15, 0.2) is 0 Å². The normalized spacial score (nSPS) is 13.9. The lowest BCUT2D eigenvalue weighted by Gasteiger charge is -2.34. The van der Waals surface area contributed by atoms with Gasteiger partial charge < -0.3 is 9.13 Å². The monoisotopic (exact) mass is 413 g/mol. The van der Waals surface area contributed by atoms with E-state index in [0.29, 0.717) is 0 Å². The van der Waals surface area contributed by atoms with E-state index in [1.807, 2.05) is 0 Å². The molecule has 28 heavy (non-hydrogen) atoms. The van der Waals surface area contributed by atoms with Gasteiger partial charge in [0.1, 0.15) is 0 Å². The number of nitrogens with zero attached hydrogens (tertiary/aromatic N) is 6. The molecule has 0 spiro atoms. The highest BCUT2D eigenvalue weighted by molar-refractivity contribution is 7.67. The molecule has 0 aromatic carbocycles. The minimum absolute atomic E-state index is 0.176. The molecule has 1 heterocycles. The molecule has 0 atom stereocenters. The Morgan fingerprint density at radius 2 is 0.964 bits per heavy atom. The second-order valence-electron chi connectivity index (χ2n) is 10.9. The van der Waals surface area contributed by atoms with Crippen LogP contribution < -0.4 is 5.62 Å². The van der Waals surface area contributed by atoms with Crippen LogP contribution in [0.3, 0.4) is 0 Å². The maximum atomic E-state index is 5.55. The van der Waals surface area contributed by atoms with Gasteiger partial charge in [0.05, 0.1) is 0 Å². The van der Waals surface area contributed by atoms with Crippen LogP contribution in [0.1, 0.15) is 52.9 Å². The zero-order valence-corrected chi connectivity index (χ0v) is 21.9. The second kappa shape index (κ2) is 8.59. The second-order valence-corrected chi connectivity index (χ2v) is 14.6. The van der Waals surface area contributed by atoms with Gasteiger partial charge >= 0.3 is 7.87 Å². The first-order chi connectivity index (χ1) is 12.4. The van der Waals surface area contributed by atoms with Gasteiger partial charge in [-0.05, 0) is 29.4 Å². The van der Waals surface area contributed by atoms with Gasteiger partial charge in [-0.25, -0.2) is 0 Å². The summed E-state index contributed by atoms with van der Waals surface area (Å²) in [5.41, 5.74) is 4.06. The Balaban J connectivity index is 4.01. The molecule has 0 aliphatic heterocycles. The summed E-state index contributed by atoms with van der Waals surface area (Å²) in [7, 11) is 10.8. The number of hydrogen-bond donors (Lipinski definition) is 0. The molecule has 0 saturated carbocycles. The average Bonchev–Trinajstić information content (AvgIpc) is 2.66. The van der Waals surface area contributed by atoms with E-state index in [4.69, 9.17) is 4.76 Å². The smallest absolute Gasteiger partial charge is 0.311 e. The lowest BCUT2D eigenvalue weighted by atomic mass is 9.97. The van der Waals surface area contributed by atoms with Crippen LogP contribution in [0, 0.1) is 24.7 Å². The van der Waals surface area contributed by atoms with Crippen molar-refractivity contribution in [3.05, 3.63) is 17.0 Å². The summed E-state index contributed by atoms with van der Waals surface area (Å²) < 4.78 is 17.3. The molecule has 0 saturated heterocycles. The van der Waals surface area contributed by atoms with Crippen LogP contribution in [-0.4, -0.2) is 65.4 Å². The first-order valence-corrected chi connectivity index (χ1v) is 11.8. The third kappa shape index (κ3) is 5.47. The highest BCUT2D eigenvalue weighted by Gasteiger charge is 2.49. The van der Waals surface area contributed by atoms with E-state index >= 15 is 0 Å². The first kappa shape index (κ1) is 25.4. The molecule has 7 heteroatoms. The van der Waals surface area contributed by atoms with Crippen LogP contribution in [0.4, 0.5) is 0 Å². The van der Waals surface area contributed by atoms with E-state index < -0.39 is 7.87 Å². The molecular weight excluding hydrogens is 367 g/mol. The third-order valence-corrected chi connectivity index (χ3v) is 8.58. The van der Waals surface area contributed by atoms with E-state index in [0.717, 1.165) is 18.7 Å². The molecule has 0 fully saturated rings. The minimum Gasteiger partial charge on any atom is -0.311 e. The fraction of sp³-hybridized carbons (Fsp3) is 0.857. The maximum Gasteiger partial charge on any atom is 0.357 e. The molecule has 0 aliphatic rings. The largest absolute Gasteiger partial charge is 0.357 e. The molecule has 1 aromatic rings. The highest BCUT2D eigenvalue weighted by Crippen LogP contribution is 2.64. The van der Waals surface area contributed by atoms with E-state index in [-0.39, 0.29) is 10.8 Å². The molecule has 0 N–H and O–H groups in total. The van der Waals surface area contributed by atoms with Crippen molar-refractivity contribution in [1.29, 1.82) is 0 Å². The van der Waals surface area contributed by atoms with Gasteiger partial charge in [-0.2, -0.15) is 0 Å². The summed E-state index contributed by atoms with van der Waals surface area (Å²) in [5, 5.41) is 0. The van der Waals surface area contributed by atoms with Crippen molar-refractivity contribution in [2.24, 2.45) is 15.6 Å². The molecule has 0 unspecified atom stereocenters. The summed E-state index contributed by atoms with van der Waals surface area (Å²) in [6.07, 6.45) is 0. The lowest BCUT2D eigenvalue weighted by molar-refractivity contribution is 0.312. The number of rotatable bonds is 6. The van der Waals surface area contributed by atoms with Crippen molar-refractivity contribution >= 4 is 7.87 Å². The molecule has 0 aliphatic carbocycles. The van der Waals surface area contributed by atoms with E-state index in [9.17, 15) is 0 Å². The Morgan fingerprint density at radius 1 is 0.679 bits per heavy atom. The average molecular weight is 414 g/mol. The SMILES string of the molecule is Cc1c(C)n(CC(C)(C)C)c(=N[P+](N(C)C)(N(C)C)N(C)C)n1CC(C)(C)C. The summed E-state index contributed by atoms with van der Waals surface area (Å²) >= 11 is 0. The topological polar surface area (TPSA) is 31.9 Å². The molecular formula is C21H46N6P+. The van der Waals surface area contributed by atoms with E-state index in [1.54, 1.807) is 0 Å². The van der Waals surface area contributed by atoms with E-state index in [1.165, 1.54) is 11.4 Å². The zero-order valence-electron chi connectivity index (χ0n) is 21.0. The van der Waals surface area contributed by atoms with Crippen molar-refractivity contribution in [3.8, 4) is 0 Å². The molecule has 164 valence electrons. The number of imidazole rings is 1. The summed E-state index contributed by atoms with van der Waals surface area (Å²) in [4.78, 5) is 0. The van der Waals surface area contributed by atoms with Crippen LogP contribution in [0.2, 0.25) is 0 Å². The van der Waals surface area contributed by atoms with Gasteiger partial charge in [0.2, 0.25) is 0 Å². The van der Waals surface area contributed by atoms with Crippen LogP contribution in [0.15, 0.2) is 4.76 Å². The highest BCUT2D eigenvalue weighted by atomic mass is 31.2. The third-order valence-electron chi connectivity index (χ3n) is 4.91. The molecule has 1 rings (SSSR count). The molecule has 0 amide bonds. The lowest BCUT2D eigenvalue weighted by Crippen LogP contribution is -2.39. The van der Waals surface area contributed by atoms with Crippen molar-refractivity contribution in [2.75, 3.05) is 42.3 Å². The Morgan fingerprint density at radius 3 is 1.18 bits per heavy atom.